The average molecular weight is 355 g/mol. The lowest BCUT2D eigenvalue weighted by atomic mass is 10.0. The SMILES string of the molecule is C=C(C)C(=O)OCC(CC)CCCC.C=CC(=O)OCCCCCC. The van der Waals surface area contributed by atoms with Crippen LogP contribution in [0.15, 0.2) is 24.8 Å². The minimum atomic E-state index is -0.318. The Bertz CT molecular complexity index is 374. The largest absolute Gasteiger partial charge is 0.463 e. The normalized spacial score (nSPS) is 10.9. The monoisotopic (exact) mass is 354 g/mol. The molecule has 0 aliphatic rings. The number of esters is 2. The summed E-state index contributed by atoms with van der Waals surface area (Å²) < 4.78 is 9.90. The molecular weight excluding hydrogens is 316 g/mol. The van der Waals surface area contributed by atoms with Gasteiger partial charge in [-0.05, 0) is 25.7 Å². The van der Waals surface area contributed by atoms with E-state index in [1.54, 1.807) is 6.92 Å². The summed E-state index contributed by atoms with van der Waals surface area (Å²) in [7, 11) is 0. The molecule has 4 heteroatoms. The van der Waals surface area contributed by atoms with Crippen molar-refractivity contribution in [1.82, 2.24) is 0 Å². The number of rotatable bonds is 13. The molecule has 0 amide bonds. The second-order valence-electron chi connectivity index (χ2n) is 6.23. The highest BCUT2D eigenvalue weighted by molar-refractivity contribution is 5.86. The summed E-state index contributed by atoms with van der Waals surface area (Å²) in [6.45, 7) is 16.1. The van der Waals surface area contributed by atoms with Crippen LogP contribution in [0.4, 0.5) is 0 Å². The first-order valence-electron chi connectivity index (χ1n) is 9.54. The van der Waals surface area contributed by atoms with Crippen molar-refractivity contribution in [3.63, 3.8) is 0 Å². The average Bonchev–Trinajstić information content (AvgIpc) is 2.61. The van der Waals surface area contributed by atoms with Crippen molar-refractivity contribution in [3.05, 3.63) is 24.8 Å². The number of unbranched alkanes of at least 4 members (excludes halogenated alkanes) is 4. The number of carbonyl (C=O) groups excluding carboxylic acids is 2. The van der Waals surface area contributed by atoms with E-state index in [0.29, 0.717) is 24.7 Å². The van der Waals surface area contributed by atoms with Crippen LogP contribution in [0.5, 0.6) is 0 Å². The van der Waals surface area contributed by atoms with Gasteiger partial charge in [-0.3, -0.25) is 0 Å². The molecule has 0 bridgehead atoms. The van der Waals surface area contributed by atoms with E-state index in [9.17, 15) is 9.59 Å². The van der Waals surface area contributed by atoms with Gasteiger partial charge < -0.3 is 9.47 Å². The van der Waals surface area contributed by atoms with Gasteiger partial charge in [0.05, 0.1) is 13.2 Å². The Hall–Kier alpha value is -1.58. The van der Waals surface area contributed by atoms with E-state index in [-0.39, 0.29) is 11.9 Å². The summed E-state index contributed by atoms with van der Waals surface area (Å²) in [6.07, 6.45) is 10.4. The maximum atomic E-state index is 11.1. The molecule has 0 spiro atoms. The van der Waals surface area contributed by atoms with Crippen molar-refractivity contribution in [3.8, 4) is 0 Å². The highest BCUT2D eigenvalue weighted by Gasteiger charge is 2.09. The molecule has 0 radical (unpaired) electrons. The molecule has 0 rings (SSSR count). The van der Waals surface area contributed by atoms with Crippen molar-refractivity contribution in [2.45, 2.75) is 79.1 Å². The fourth-order valence-electron chi connectivity index (χ4n) is 1.98. The topological polar surface area (TPSA) is 52.6 Å². The van der Waals surface area contributed by atoms with Gasteiger partial charge in [-0.25, -0.2) is 9.59 Å². The Morgan fingerprint density at radius 1 is 1.00 bits per heavy atom. The molecule has 0 N–H and O–H groups in total. The van der Waals surface area contributed by atoms with Gasteiger partial charge in [-0.2, -0.15) is 0 Å². The molecule has 0 aromatic carbocycles. The summed E-state index contributed by atoms with van der Waals surface area (Å²) in [4.78, 5) is 21.6. The van der Waals surface area contributed by atoms with Gasteiger partial charge in [0.25, 0.3) is 0 Å². The third kappa shape index (κ3) is 18.6. The summed E-state index contributed by atoms with van der Waals surface area (Å²) >= 11 is 0. The van der Waals surface area contributed by atoms with E-state index < -0.39 is 0 Å². The molecule has 0 fully saturated rings. The Labute approximate surface area is 154 Å². The van der Waals surface area contributed by atoms with Gasteiger partial charge in [0.1, 0.15) is 0 Å². The van der Waals surface area contributed by atoms with Gasteiger partial charge in [0, 0.05) is 11.6 Å². The zero-order valence-electron chi connectivity index (χ0n) is 16.8. The second kappa shape index (κ2) is 18.8. The molecule has 0 saturated heterocycles. The van der Waals surface area contributed by atoms with Crippen LogP contribution in [0.2, 0.25) is 0 Å². The fourth-order valence-corrected chi connectivity index (χ4v) is 1.98. The fraction of sp³-hybridized carbons (Fsp3) is 0.714. The van der Waals surface area contributed by atoms with Crippen LogP contribution in [-0.4, -0.2) is 25.2 Å². The van der Waals surface area contributed by atoms with E-state index in [1.165, 1.54) is 31.8 Å². The van der Waals surface area contributed by atoms with Crippen LogP contribution in [-0.2, 0) is 19.1 Å². The summed E-state index contributed by atoms with van der Waals surface area (Å²) in [6, 6.07) is 0. The molecule has 0 heterocycles. The predicted molar refractivity (Wildman–Crippen MR) is 104 cm³/mol. The van der Waals surface area contributed by atoms with Crippen molar-refractivity contribution >= 4 is 11.9 Å². The lowest BCUT2D eigenvalue weighted by Crippen LogP contribution is -2.14. The van der Waals surface area contributed by atoms with Crippen molar-refractivity contribution in [2.24, 2.45) is 5.92 Å². The number of ether oxygens (including phenoxy) is 2. The molecule has 146 valence electrons. The third-order valence-corrected chi connectivity index (χ3v) is 3.75. The first-order valence-corrected chi connectivity index (χ1v) is 9.54. The van der Waals surface area contributed by atoms with E-state index >= 15 is 0 Å². The van der Waals surface area contributed by atoms with Crippen molar-refractivity contribution in [1.29, 1.82) is 0 Å². The van der Waals surface area contributed by atoms with Gasteiger partial charge in [0.15, 0.2) is 0 Å². The highest BCUT2D eigenvalue weighted by Crippen LogP contribution is 2.13. The Morgan fingerprint density at radius 3 is 2.12 bits per heavy atom. The molecule has 1 unspecified atom stereocenters. The standard InChI is InChI=1S/C12H22O2.C9H16O2/c1-5-7-8-11(6-2)9-14-12(13)10(3)4;1-3-5-6-7-8-11-9(10)4-2/h11H,3,5-9H2,1-2,4H3;4H,2-3,5-8H2,1H3. The summed E-state index contributed by atoms with van der Waals surface area (Å²) in [5.74, 6) is -0.0697. The molecule has 1 atom stereocenters. The van der Waals surface area contributed by atoms with Crippen LogP contribution in [0, 0.1) is 5.92 Å². The van der Waals surface area contributed by atoms with Crippen LogP contribution in [0.3, 0.4) is 0 Å². The van der Waals surface area contributed by atoms with Crippen LogP contribution >= 0.6 is 0 Å². The molecule has 0 aromatic heterocycles. The minimum absolute atomic E-state index is 0.264. The first-order chi connectivity index (χ1) is 11.9. The van der Waals surface area contributed by atoms with Gasteiger partial charge in [-0.15, -0.1) is 0 Å². The zero-order valence-corrected chi connectivity index (χ0v) is 16.8. The Kier molecular flexibility index (Phi) is 19.2. The molecule has 4 nitrogen and oxygen atoms in total. The van der Waals surface area contributed by atoms with E-state index in [1.807, 2.05) is 0 Å². The molecule has 0 saturated carbocycles. The molecule has 25 heavy (non-hydrogen) atoms. The predicted octanol–water partition coefficient (Wildman–Crippen LogP) is 5.62. The zero-order chi connectivity index (χ0) is 19.5. The van der Waals surface area contributed by atoms with E-state index in [2.05, 4.69) is 33.9 Å². The highest BCUT2D eigenvalue weighted by atomic mass is 16.5. The number of carbonyl (C=O) groups is 2. The lowest BCUT2D eigenvalue weighted by Gasteiger charge is -2.14. The van der Waals surface area contributed by atoms with Crippen molar-refractivity contribution < 1.29 is 19.1 Å². The number of hydrogen-bond acceptors (Lipinski definition) is 4. The molecule has 0 aromatic rings. The molecule has 0 aliphatic heterocycles. The smallest absolute Gasteiger partial charge is 0.333 e. The van der Waals surface area contributed by atoms with Gasteiger partial charge >= 0.3 is 11.9 Å². The number of hydrogen-bond donors (Lipinski definition) is 0. The minimum Gasteiger partial charge on any atom is -0.463 e. The first kappa shape index (κ1) is 25.7. The van der Waals surface area contributed by atoms with Crippen LogP contribution in [0.1, 0.15) is 79.1 Å². The third-order valence-electron chi connectivity index (χ3n) is 3.75. The van der Waals surface area contributed by atoms with Crippen LogP contribution < -0.4 is 0 Å². The lowest BCUT2D eigenvalue weighted by molar-refractivity contribution is -0.140. The van der Waals surface area contributed by atoms with Gasteiger partial charge in [-0.1, -0.05) is 72.5 Å². The Balaban J connectivity index is 0. The van der Waals surface area contributed by atoms with Crippen molar-refractivity contribution in [2.75, 3.05) is 13.2 Å². The van der Waals surface area contributed by atoms with E-state index in [0.717, 1.165) is 25.7 Å². The second-order valence-corrected chi connectivity index (χ2v) is 6.23. The van der Waals surface area contributed by atoms with E-state index in [4.69, 9.17) is 9.47 Å². The molecule has 0 aliphatic carbocycles. The maximum absolute atomic E-state index is 11.1. The molecular formula is C21H38O4. The van der Waals surface area contributed by atoms with Gasteiger partial charge in [0.2, 0.25) is 0 Å². The van der Waals surface area contributed by atoms with Crippen LogP contribution in [0.25, 0.3) is 0 Å². The quantitative estimate of drug-likeness (QED) is 0.245. The maximum Gasteiger partial charge on any atom is 0.333 e. The Morgan fingerprint density at radius 2 is 1.64 bits per heavy atom. The summed E-state index contributed by atoms with van der Waals surface area (Å²) in [5, 5.41) is 0. The summed E-state index contributed by atoms with van der Waals surface area (Å²) in [5.41, 5.74) is 0.482.